The molecule has 0 aliphatic heterocycles. The van der Waals surface area contributed by atoms with Gasteiger partial charge in [-0.1, -0.05) is 17.7 Å². The van der Waals surface area contributed by atoms with E-state index in [1.54, 1.807) is 18.2 Å². The molecule has 0 radical (unpaired) electrons. The number of aromatic nitrogens is 2. The van der Waals surface area contributed by atoms with Gasteiger partial charge in [0, 0.05) is 11.9 Å². The largest absolute Gasteiger partial charge is 0.333 e. The number of nitrogens with zero attached hydrogens (tertiary/aromatic N) is 1. The zero-order valence-electron chi connectivity index (χ0n) is 14.5. The number of H-pyrrole nitrogens is 1. The fraction of sp³-hybridized carbons (Fsp3) is 0.105. The van der Waals surface area contributed by atoms with Gasteiger partial charge >= 0.3 is 5.69 Å². The summed E-state index contributed by atoms with van der Waals surface area (Å²) in [7, 11) is 0. The Kier molecular flexibility index (Phi) is 4.96. The van der Waals surface area contributed by atoms with Crippen LogP contribution in [0.3, 0.4) is 0 Å². The molecule has 138 valence electrons. The first-order chi connectivity index (χ1) is 12.8. The van der Waals surface area contributed by atoms with Gasteiger partial charge in [-0.05, 0) is 55.3 Å². The molecular formula is C19H15ClFN3O3. The zero-order valence-corrected chi connectivity index (χ0v) is 15.2. The molecule has 2 aromatic carbocycles. The van der Waals surface area contributed by atoms with Gasteiger partial charge in [0.05, 0.1) is 10.7 Å². The first kappa shape index (κ1) is 18.6. The number of hydrogen-bond donors (Lipinski definition) is 2. The van der Waals surface area contributed by atoms with Crippen LogP contribution in [-0.4, -0.2) is 15.5 Å². The summed E-state index contributed by atoms with van der Waals surface area (Å²) >= 11 is 5.69. The summed E-state index contributed by atoms with van der Waals surface area (Å²) in [5, 5.41) is 2.30. The van der Waals surface area contributed by atoms with Crippen LogP contribution >= 0.6 is 11.6 Å². The number of benzene rings is 2. The van der Waals surface area contributed by atoms with Gasteiger partial charge in [0.1, 0.15) is 11.4 Å². The first-order valence-electron chi connectivity index (χ1n) is 7.96. The molecule has 1 heterocycles. The van der Waals surface area contributed by atoms with Gasteiger partial charge in [-0.2, -0.15) is 0 Å². The van der Waals surface area contributed by atoms with Crippen molar-refractivity contribution in [2.24, 2.45) is 0 Å². The number of halogens is 2. The Balaban J connectivity index is 2.03. The van der Waals surface area contributed by atoms with E-state index in [9.17, 15) is 18.8 Å². The van der Waals surface area contributed by atoms with Crippen LogP contribution < -0.4 is 16.6 Å². The van der Waals surface area contributed by atoms with Crippen molar-refractivity contribution in [2.45, 2.75) is 13.8 Å². The molecule has 0 aliphatic carbocycles. The highest BCUT2D eigenvalue weighted by molar-refractivity contribution is 6.31. The molecule has 8 heteroatoms. The van der Waals surface area contributed by atoms with Gasteiger partial charge in [0.15, 0.2) is 0 Å². The maximum Gasteiger partial charge on any atom is 0.333 e. The summed E-state index contributed by atoms with van der Waals surface area (Å²) < 4.78 is 14.1. The molecule has 2 N–H and O–H groups in total. The quantitative estimate of drug-likeness (QED) is 0.724. The summed E-state index contributed by atoms with van der Waals surface area (Å²) in [6.07, 6.45) is 1.04. The highest BCUT2D eigenvalue weighted by atomic mass is 35.5. The van der Waals surface area contributed by atoms with Crippen LogP contribution in [-0.2, 0) is 0 Å². The SMILES string of the molecule is Cc1ccc(-n2c(=O)[nH]cc(C(=O)Nc3ccc(F)c(Cl)c3)c2=O)cc1C. The Morgan fingerprint density at radius 1 is 1.11 bits per heavy atom. The number of amides is 1. The van der Waals surface area contributed by atoms with Gasteiger partial charge in [-0.25, -0.2) is 13.8 Å². The van der Waals surface area contributed by atoms with E-state index in [0.717, 1.165) is 28.0 Å². The Morgan fingerprint density at radius 3 is 2.52 bits per heavy atom. The molecule has 27 heavy (non-hydrogen) atoms. The second-order valence-corrected chi connectivity index (χ2v) is 6.41. The van der Waals surface area contributed by atoms with E-state index in [-0.39, 0.29) is 16.3 Å². The van der Waals surface area contributed by atoms with Crippen molar-refractivity contribution in [3.8, 4) is 5.69 Å². The van der Waals surface area contributed by atoms with Crippen molar-refractivity contribution in [1.82, 2.24) is 9.55 Å². The lowest BCUT2D eigenvalue weighted by atomic mass is 10.1. The van der Waals surface area contributed by atoms with Crippen molar-refractivity contribution < 1.29 is 9.18 Å². The second-order valence-electron chi connectivity index (χ2n) is 6.00. The molecule has 3 rings (SSSR count). The predicted molar refractivity (Wildman–Crippen MR) is 101 cm³/mol. The minimum Gasteiger partial charge on any atom is -0.322 e. The van der Waals surface area contributed by atoms with Gasteiger partial charge in [-0.15, -0.1) is 0 Å². The van der Waals surface area contributed by atoms with E-state index in [0.29, 0.717) is 5.69 Å². The molecule has 0 unspecified atom stereocenters. The zero-order chi connectivity index (χ0) is 19.7. The number of rotatable bonds is 3. The lowest BCUT2D eigenvalue weighted by Crippen LogP contribution is -2.38. The average molecular weight is 388 g/mol. The van der Waals surface area contributed by atoms with Gasteiger partial charge < -0.3 is 10.3 Å². The Morgan fingerprint density at radius 2 is 1.85 bits per heavy atom. The summed E-state index contributed by atoms with van der Waals surface area (Å²) in [6, 6.07) is 8.73. The number of aryl methyl sites for hydroxylation is 2. The third-order valence-electron chi connectivity index (χ3n) is 4.15. The maximum absolute atomic E-state index is 13.2. The smallest absolute Gasteiger partial charge is 0.322 e. The molecule has 1 aromatic heterocycles. The van der Waals surface area contributed by atoms with E-state index in [1.165, 1.54) is 12.1 Å². The number of carbonyl (C=O) groups excluding carboxylic acids is 1. The highest BCUT2D eigenvalue weighted by Gasteiger charge is 2.16. The maximum atomic E-state index is 13.2. The number of anilines is 1. The molecule has 0 fully saturated rings. The predicted octanol–water partition coefficient (Wildman–Crippen LogP) is 3.19. The number of nitrogens with one attached hydrogen (secondary N) is 2. The summed E-state index contributed by atoms with van der Waals surface area (Å²) in [6.45, 7) is 3.76. The fourth-order valence-corrected chi connectivity index (χ4v) is 2.69. The molecule has 0 atom stereocenters. The van der Waals surface area contributed by atoms with Gasteiger partial charge in [0.2, 0.25) is 0 Å². The van der Waals surface area contributed by atoms with Crippen LogP contribution in [0.5, 0.6) is 0 Å². The molecule has 6 nitrogen and oxygen atoms in total. The van der Waals surface area contributed by atoms with E-state index in [1.807, 2.05) is 13.8 Å². The molecule has 0 saturated carbocycles. The molecular weight excluding hydrogens is 373 g/mol. The lowest BCUT2D eigenvalue weighted by Gasteiger charge is -2.10. The Labute approximate surface area is 158 Å². The van der Waals surface area contributed by atoms with Crippen LogP contribution in [0.1, 0.15) is 21.5 Å². The minimum atomic E-state index is -0.771. The van der Waals surface area contributed by atoms with Crippen LogP contribution in [0.2, 0.25) is 5.02 Å². The van der Waals surface area contributed by atoms with E-state index >= 15 is 0 Å². The lowest BCUT2D eigenvalue weighted by molar-refractivity contribution is 0.102. The minimum absolute atomic E-state index is 0.165. The number of hydrogen-bond acceptors (Lipinski definition) is 3. The monoisotopic (exact) mass is 387 g/mol. The number of aromatic amines is 1. The van der Waals surface area contributed by atoms with Crippen molar-refractivity contribution in [1.29, 1.82) is 0 Å². The van der Waals surface area contributed by atoms with Crippen LogP contribution in [0.25, 0.3) is 5.69 Å². The van der Waals surface area contributed by atoms with Crippen molar-refractivity contribution >= 4 is 23.2 Å². The molecule has 3 aromatic rings. The molecule has 0 spiro atoms. The summed E-state index contributed by atoms with van der Waals surface area (Å²) in [5.74, 6) is -1.38. The molecule has 0 saturated heterocycles. The fourth-order valence-electron chi connectivity index (χ4n) is 2.51. The van der Waals surface area contributed by atoms with E-state index in [2.05, 4.69) is 10.3 Å². The average Bonchev–Trinajstić information content (AvgIpc) is 2.61. The Hall–Kier alpha value is -3.19. The first-order valence-corrected chi connectivity index (χ1v) is 8.34. The summed E-state index contributed by atoms with van der Waals surface area (Å²) in [4.78, 5) is 39.8. The second kappa shape index (κ2) is 7.20. The Bertz CT molecular complexity index is 1170. The normalized spacial score (nSPS) is 10.7. The topological polar surface area (TPSA) is 84.0 Å². The molecule has 1 amide bonds. The van der Waals surface area contributed by atoms with Gasteiger partial charge in [0.25, 0.3) is 11.5 Å². The van der Waals surface area contributed by atoms with Gasteiger partial charge in [-0.3, -0.25) is 9.59 Å². The van der Waals surface area contributed by atoms with Crippen LogP contribution in [0.15, 0.2) is 52.2 Å². The standard InChI is InChI=1S/C19H15ClFN3O3/c1-10-3-5-13(7-11(10)2)24-18(26)14(9-22-19(24)27)17(25)23-12-4-6-16(21)15(20)8-12/h3-9H,1-2H3,(H,22,27)(H,23,25). The third kappa shape index (κ3) is 3.68. The third-order valence-corrected chi connectivity index (χ3v) is 4.44. The van der Waals surface area contributed by atoms with Crippen molar-refractivity contribution in [3.05, 3.63) is 91.0 Å². The summed E-state index contributed by atoms with van der Waals surface area (Å²) in [5.41, 5.74) is 0.768. The highest BCUT2D eigenvalue weighted by Crippen LogP contribution is 2.19. The van der Waals surface area contributed by atoms with Crippen molar-refractivity contribution in [2.75, 3.05) is 5.32 Å². The van der Waals surface area contributed by atoms with Crippen molar-refractivity contribution in [3.63, 3.8) is 0 Å². The number of carbonyl (C=O) groups is 1. The van der Waals surface area contributed by atoms with E-state index < -0.39 is 23.0 Å². The van der Waals surface area contributed by atoms with E-state index in [4.69, 9.17) is 11.6 Å². The molecule has 0 bridgehead atoms. The van der Waals surface area contributed by atoms with Crippen LogP contribution in [0.4, 0.5) is 10.1 Å². The van der Waals surface area contributed by atoms with Crippen LogP contribution in [0, 0.1) is 19.7 Å². The molecule has 0 aliphatic rings.